The summed E-state index contributed by atoms with van der Waals surface area (Å²) >= 11 is 5.80. The van der Waals surface area contributed by atoms with Crippen LogP contribution >= 0.6 is 11.6 Å². The second-order valence-electron chi connectivity index (χ2n) is 4.39. The maximum atomic E-state index is 12.2. The summed E-state index contributed by atoms with van der Waals surface area (Å²) in [6, 6.07) is 3.14. The van der Waals surface area contributed by atoms with Crippen LogP contribution in [0.25, 0.3) is 0 Å². The molecule has 1 aromatic rings. The number of nitrogen functional groups attached to an aromatic ring is 1. The minimum absolute atomic E-state index is 0.0181. The maximum absolute atomic E-state index is 12.2. The highest BCUT2D eigenvalue weighted by molar-refractivity contribution is 6.29. The van der Waals surface area contributed by atoms with Gasteiger partial charge < -0.3 is 10.6 Å². The zero-order chi connectivity index (χ0) is 12.4. The van der Waals surface area contributed by atoms with Crippen molar-refractivity contribution in [1.82, 2.24) is 9.88 Å². The summed E-state index contributed by atoms with van der Waals surface area (Å²) in [7, 11) is 0. The van der Waals surface area contributed by atoms with Crippen LogP contribution in [0.15, 0.2) is 12.1 Å². The van der Waals surface area contributed by atoms with Gasteiger partial charge in [-0.2, -0.15) is 0 Å². The van der Waals surface area contributed by atoms with Gasteiger partial charge in [0.15, 0.2) is 0 Å². The van der Waals surface area contributed by atoms with E-state index in [1.807, 2.05) is 11.8 Å². The second kappa shape index (κ2) is 4.92. The van der Waals surface area contributed by atoms with Gasteiger partial charge in [0.05, 0.1) is 0 Å². The van der Waals surface area contributed by atoms with Crippen molar-refractivity contribution in [3.8, 4) is 0 Å². The molecule has 5 heteroatoms. The van der Waals surface area contributed by atoms with Crippen LogP contribution in [0, 0.1) is 5.92 Å². The monoisotopic (exact) mass is 253 g/mol. The average Bonchev–Trinajstić information content (AvgIpc) is 3.07. The topological polar surface area (TPSA) is 59.2 Å². The van der Waals surface area contributed by atoms with Gasteiger partial charge in [0.1, 0.15) is 11.0 Å². The molecule has 0 atom stereocenters. The predicted octanol–water partition coefficient (Wildman–Crippen LogP) is 2.19. The van der Waals surface area contributed by atoms with Crippen LogP contribution in [-0.4, -0.2) is 28.9 Å². The van der Waals surface area contributed by atoms with Gasteiger partial charge in [-0.1, -0.05) is 11.6 Å². The van der Waals surface area contributed by atoms with E-state index >= 15 is 0 Å². The number of nitrogens with zero attached hydrogens (tertiary/aromatic N) is 2. The number of pyridine rings is 1. The number of amides is 1. The van der Waals surface area contributed by atoms with Crippen LogP contribution in [-0.2, 0) is 0 Å². The highest BCUT2D eigenvalue weighted by Gasteiger charge is 2.26. The molecule has 92 valence electrons. The highest BCUT2D eigenvalue weighted by Crippen LogP contribution is 2.30. The van der Waals surface area contributed by atoms with Gasteiger partial charge in [-0.3, -0.25) is 4.79 Å². The SMILES string of the molecule is CCN(CC1CC1)C(=O)c1cc(N)nc(Cl)c1. The third-order valence-corrected chi connectivity index (χ3v) is 3.10. The molecule has 1 aliphatic rings. The zero-order valence-corrected chi connectivity index (χ0v) is 10.6. The van der Waals surface area contributed by atoms with Gasteiger partial charge in [0, 0.05) is 18.7 Å². The summed E-state index contributed by atoms with van der Waals surface area (Å²) in [5.41, 5.74) is 6.10. The lowest BCUT2D eigenvalue weighted by atomic mass is 10.2. The average molecular weight is 254 g/mol. The number of rotatable bonds is 4. The summed E-state index contributed by atoms with van der Waals surface area (Å²) in [5, 5.41) is 0.260. The van der Waals surface area contributed by atoms with Crippen molar-refractivity contribution in [2.45, 2.75) is 19.8 Å². The number of anilines is 1. The van der Waals surface area contributed by atoms with E-state index in [9.17, 15) is 4.79 Å². The molecular weight excluding hydrogens is 238 g/mol. The number of nitrogens with two attached hydrogens (primary N) is 1. The molecule has 0 unspecified atom stereocenters. The van der Waals surface area contributed by atoms with Crippen LogP contribution in [0.2, 0.25) is 5.15 Å². The van der Waals surface area contributed by atoms with E-state index in [4.69, 9.17) is 17.3 Å². The molecule has 0 spiro atoms. The van der Waals surface area contributed by atoms with Crippen molar-refractivity contribution in [3.05, 3.63) is 22.8 Å². The lowest BCUT2D eigenvalue weighted by Crippen LogP contribution is -2.32. The van der Waals surface area contributed by atoms with E-state index < -0.39 is 0 Å². The summed E-state index contributed by atoms with van der Waals surface area (Å²) in [6.07, 6.45) is 2.45. The summed E-state index contributed by atoms with van der Waals surface area (Å²) in [6.45, 7) is 3.51. The van der Waals surface area contributed by atoms with Crippen LogP contribution in [0.3, 0.4) is 0 Å². The quantitative estimate of drug-likeness (QED) is 0.837. The Bertz CT molecular complexity index is 412. The van der Waals surface area contributed by atoms with E-state index in [2.05, 4.69) is 4.98 Å². The number of halogens is 1. The molecule has 0 aromatic carbocycles. The van der Waals surface area contributed by atoms with Crippen LogP contribution in [0.1, 0.15) is 30.1 Å². The smallest absolute Gasteiger partial charge is 0.254 e. The molecule has 1 fully saturated rings. The molecule has 2 N–H and O–H groups in total. The van der Waals surface area contributed by atoms with Crippen LogP contribution < -0.4 is 5.73 Å². The molecule has 0 radical (unpaired) electrons. The Kier molecular flexibility index (Phi) is 3.52. The third-order valence-electron chi connectivity index (χ3n) is 2.91. The molecular formula is C12H16ClN3O. The van der Waals surface area contributed by atoms with Crippen molar-refractivity contribution in [3.63, 3.8) is 0 Å². The molecule has 1 saturated carbocycles. The first kappa shape index (κ1) is 12.2. The predicted molar refractivity (Wildman–Crippen MR) is 68.0 cm³/mol. The minimum atomic E-state index is -0.0181. The first-order valence-electron chi connectivity index (χ1n) is 5.82. The minimum Gasteiger partial charge on any atom is -0.384 e. The van der Waals surface area contributed by atoms with Gasteiger partial charge in [-0.25, -0.2) is 4.98 Å². The Morgan fingerprint density at radius 2 is 2.29 bits per heavy atom. The molecule has 17 heavy (non-hydrogen) atoms. The Labute approximate surface area is 106 Å². The Morgan fingerprint density at radius 3 is 2.82 bits per heavy atom. The fourth-order valence-electron chi connectivity index (χ4n) is 1.79. The fourth-order valence-corrected chi connectivity index (χ4v) is 2.01. The molecule has 0 saturated heterocycles. The van der Waals surface area contributed by atoms with Crippen LogP contribution in [0.4, 0.5) is 5.82 Å². The molecule has 1 aromatic heterocycles. The zero-order valence-electron chi connectivity index (χ0n) is 9.82. The summed E-state index contributed by atoms with van der Waals surface area (Å²) in [5.74, 6) is 0.937. The molecule has 4 nitrogen and oxygen atoms in total. The molecule has 0 aliphatic heterocycles. The molecule has 1 heterocycles. The molecule has 1 aliphatic carbocycles. The number of carbonyl (C=O) groups excluding carboxylic acids is 1. The highest BCUT2D eigenvalue weighted by atomic mass is 35.5. The van der Waals surface area contributed by atoms with E-state index in [0.29, 0.717) is 18.0 Å². The normalized spacial score (nSPS) is 14.7. The van der Waals surface area contributed by atoms with Crippen molar-refractivity contribution >= 4 is 23.3 Å². The summed E-state index contributed by atoms with van der Waals surface area (Å²) < 4.78 is 0. The standard InChI is InChI=1S/C12H16ClN3O/c1-2-16(7-8-3-4-8)12(17)9-5-10(13)15-11(14)6-9/h5-6,8H,2-4,7H2,1H3,(H2,14,15). The van der Waals surface area contributed by atoms with Crippen molar-refractivity contribution in [1.29, 1.82) is 0 Å². The number of carbonyl (C=O) groups is 1. The first-order valence-corrected chi connectivity index (χ1v) is 6.20. The number of aromatic nitrogens is 1. The molecule has 0 bridgehead atoms. The van der Waals surface area contributed by atoms with Gasteiger partial charge in [-0.05, 0) is 37.8 Å². The lowest BCUT2D eigenvalue weighted by Gasteiger charge is -2.20. The number of hydrogen-bond donors (Lipinski definition) is 1. The van der Waals surface area contributed by atoms with Crippen molar-refractivity contribution in [2.75, 3.05) is 18.8 Å². The van der Waals surface area contributed by atoms with Crippen LogP contribution in [0.5, 0.6) is 0 Å². The Balaban J connectivity index is 2.15. The first-order chi connectivity index (χ1) is 8.10. The van der Waals surface area contributed by atoms with E-state index in [-0.39, 0.29) is 16.9 Å². The van der Waals surface area contributed by atoms with E-state index in [1.165, 1.54) is 12.8 Å². The van der Waals surface area contributed by atoms with Crippen molar-refractivity contribution < 1.29 is 4.79 Å². The Hall–Kier alpha value is -1.29. The lowest BCUT2D eigenvalue weighted by molar-refractivity contribution is 0.0757. The second-order valence-corrected chi connectivity index (χ2v) is 4.78. The number of hydrogen-bond acceptors (Lipinski definition) is 3. The maximum Gasteiger partial charge on any atom is 0.254 e. The van der Waals surface area contributed by atoms with Gasteiger partial charge in [0.2, 0.25) is 0 Å². The third kappa shape index (κ3) is 3.09. The molecule has 2 rings (SSSR count). The molecule has 1 amide bonds. The largest absolute Gasteiger partial charge is 0.384 e. The summed E-state index contributed by atoms with van der Waals surface area (Å²) in [4.78, 5) is 17.9. The van der Waals surface area contributed by atoms with Gasteiger partial charge in [-0.15, -0.1) is 0 Å². The van der Waals surface area contributed by atoms with Gasteiger partial charge >= 0.3 is 0 Å². The van der Waals surface area contributed by atoms with Crippen molar-refractivity contribution in [2.24, 2.45) is 5.92 Å². The fraction of sp³-hybridized carbons (Fsp3) is 0.500. The van der Waals surface area contributed by atoms with Gasteiger partial charge in [0.25, 0.3) is 5.91 Å². The van der Waals surface area contributed by atoms with E-state index in [0.717, 1.165) is 6.54 Å². The van der Waals surface area contributed by atoms with E-state index in [1.54, 1.807) is 12.1 Å². The Morgan fingerprint density at radius 1 is 1.59 bits per heavy atom.